The summed E-state index contributed by atoms with van der Waals surface area (Å²) in [5.41, 5.74) is 1.31. The van der Waals surface area contributed by atoms with Gasteiger partial charge in [0.05, 0.1) is 5.69 Å². The molecule has 0 amide bonds. The Labute approximate surface area is 81.2 Å². The van der Waals surface area contributed by atoms with Crippen LogP contribution < -0.4 is 0 Å². The molecule has 1 heterocycles. The van der Waals surface area contributed by atoms with Gasteiger partial charge in [0, 0.05) is 5.56 Å². The first-order valence-electron chi connectivity index (χ1n) is 4.32. The Balaban J connectivity index is 2.57. The Morgan fingerprint density at radius 1 is 1.29 bits per heavy atom. The highest BCUT2D eigenvalue weighted by atomic mass is 19.1. The number of aryl methyl sites for hydroxylation is 1. The van der Waals surface area contributed by atoms with Gasteiger partial charge in [0.1, 0.15) is 18.0 Å². The maximum absolute atomic E-state index is 13.2. The summed E-state index contributed by atoms with van der Waals surface area (Å²) in [6.45, 7) is 3.52. The Hall–Kier alpha value is -1.71. The van der Waals surface area contributed by atoms with Gasteiger partial charge >= 0.3 is 0 Å². The molecule has 0 saturated heterocycles. The van der Waals surface area contributed by atoms with Gasteiger partial charge in [-0.15, -0.1) is 0 Å². The molecule has 0 N–H and O–H groups in total. The van der Waals surface area contributed by atoms with Crippen molar-refractivity contribution in [1.82, 2.24) is 14.8 Å². The summed E-state index contributed by atoms with van der Waals surface area (Å²) in [7, 11) is 0. The third kappa shape index (κ3) is 1.39. The summed E-state index contributed by atoms with van der Waals surface area (Å²) in [6, 6.07) is 4.91. The third-order valence-electron chi connectivity index (χ3n) is 2.09. The quantitative estimate of drug-likeness (QED) is 0.690. The minimum absolute atomic E-state index is 0.226. The zero-order valence-electron chi connectivity index (χ0n) is 8.03. The van der Waals surface area contributed by atoms with E-state index in [4.69, 9.17) is 0 Å². The molecule has 0 aliphatic carbocycles. The molecule has 2 rings (SSSR count). The van der Waals surface area contributed by atoms with Crippen LogP contribution in [0.4, 0.5) is 4.39 Å². The van der Waals surface area contributed by atoms with Crippen LogP contribution >= 0.6 is 0 Å². The van der Waals surface area contributed by atoms with E-state index in [0.29, 0.717) is 11.4 Å². The largest absolute Gasteiger partial charge is 0.220 e. The number of nitrogens with zero attached hydrogens (tertiary/aromatic N) is 3. The second-order valence-corrected chi connectivity index (χ2v) is 3.12. The molecule has 0 saturated carbocycles. The molecule has 0 fully saturated rings. The fourth-order valence-electron chi connectivity index (χ4n) is 1.31. The summed E-state index contributed by atoms with van der Waals surface area (Å²) in [5.74, 6) is 0.448. The van der Waals surface area contributed by atoms with E-state index in [1.807, 2.05) is 6.07 Å². The Bertz CT molecular complexity index is 462. The van der Waals surface area contributed by atoms with Gasteiger partial charge in [0.2, 0.25) is 0 Å². The molecule has 1 aromatic carbocycles. The van der Waals surface area contributed by atoms with Gasteiger partial charge in [-0.2, -0.15) is 5.10 Å². The lowest BCUT2D eigenvalue weighted by molar-refractivity contribution is 0.615. The van der Waals surface area contributed by atoms with Crippen LogP contribution in [-0.2, 0) is 0 Å². The predicted molar refractivity (Wildman–Crippen MR) is 50.8 cm³/mol. The van der Waals surface area contributed by atoms with Gasteiger partial charge in [0.15, 0.2) is 0 Å². The van der Waals surface area contributed by atoms with E-state index in [9.17, 15) is 4.39 Å². The molecule has 2 aromatic rings. The molecule has 0 spiro atoms. The van der Waals surface area contributed by atoms with Gasteiger partial charge in [0.25, 0.3) is 0 Å². The molecule has 0 atom stereocenters. The maximum Gasteiger partial charge on any atom is 0.147 e. The maximum atomic E-state index is 13.2. The molecule has 1 aromatic heterocycles. The van der Waals surface area contributed by atoms with E-state index >= 15 is 0 Å². The van der Waals surface area contributed by atoms with Crippen molar-refractivity contribution in [3.8, 4) is 5.69 Å². The van der Waals surface area contributed by atoms with Crippen LogP contribution in [0.3, 0.4) is 0 Å². The standard InChI is InChI=1S/C10H10FN3/c1-7-9(11)4-3-5-10(7)14-6-12-8(2)13-14/h3-6H,1-2H3. The molecule has 0 bridgehead atoms. The number of hydrogen-bond donors (Lipinski definition) is 0. The van der Waals surface area contributed by atoms with Crippen LogP contribution in [0.2, 0.25) is 0 Å². The number of rotatable bonds is 1. The van der Waals surface area contributed by atoms with E-state index < -0.39 is 0 Å². The highest BCUT2D eigenvalue weighted by Gasteiger charge is 2.06. The topological polar surface area (TPSA) is 30.7 Å². The first-order chi connectivity index (χ1) is 6.68. The van der Waals surface area contributed by atoms with E-state index in [-0.39, 0.29) is 5.82 Å². The van der Waals surface area contributed by atoms with Crippen LogP contribution in [0.15, 0.2) is 24.5 Å². The van der Waals surface area contributed by atoms with Crippen LogP contribution in [0, 0.1) is 19.7 Å². The van der Waals surface area contributed by atoms with Gasteiger partial charge < -0.3 is 0 Å². The van der Waals surface area contributed by atoms with E-state index in [1.54, 1.807) is 30.9 Å². The van der Waals surface area contributed by atoms with Gasteiger partial charge in [-0.3, -0.25) is 0 Å². The zero-order chi connectivity index (χ0) is 10.1. The average molecular weight is 191 g/mol. The fourth-order valence-corrected chi connectivity index (χ4v) is 1.31. The number of halogens is 1. The monoisotopic (exact) mass is 191 g/mol. The van der Waals surface area contributed by atoms with Crippen LogP contribution in [0.5, 0.6) is 0 Å². The first-order valence-corrected chi connectivity index (χ1v) is 4.32. The molecular weight excluding hydrogens is 181 g/mol. The lowest BCUT2D eigenvalue weighted by Crippen LogP contribution is -1.99. The molecule has 0 radical (unpaired) electrons. The molecule has 3 nitrogen and oxygen atoms in total. The highest BCUT2D eigenvalue weighted by molar-refractivity contribution is 5.39. The second-order valence-electron chi connectivity index (χ2n) is 3.12. The Morgan fingerprint density at radius 2 is 2.07 bits per heavy atom. The highest BCUT2D eigenvalue weighted by Crippen LogP contribution is 2.15. The molecule has 14 heavy (non-hydrogen) atoms. The number of hydrogen-bond acceptors (Lipinski definition) is 2. The van der Waals surface area contributed by atoms with Crippen LogP contribution in [0.25, 0.3) is 5.69 Å². The second kappa shape index (κ2) is 3.21. The Morgan fingerprint density at radius 3 is 2.71 bits per heavy atom. The smallest absolute Gasteiger partial charge is 0.147 e. The lowest BCUT2D eigenvalue weighted by atomic mass is 10.2. The van der Waals surface area contributed by atoms with E-state index in [1.165, 1.54) is 6.07 Å². The zero-order valence-corrected chi connectivity index (χ0v) is 8.03. The van der Waals surface area contributed by atoms with Crippen molar-refractivity contribution >= 4 is 0 Å². The van der Waals surface area contributed by atoms with E-state index in [0.717, 1.165) is 5.69 Å². The minimum atomic E-state index is -0.226. The number of benzene rings is 1. The van der Waals surface area contributed by atoms with Crippen molar-refractivity contribution in [3.05, 3.63) is 41.7 Å². The molecule has 0 aliphatic heterocycles. The predicted octanol–water partition coefficient (Wildman–Crippen LogP) is 2.02. The van der Waals surface area contributed by atoms with Crippen molar-refractivity contribution in [2.45, 2.75) is 13.8 Å². The molecule has 72 valence electrons. The molecule has 0 unspecified atom stereocenters. The first kappa shape index (κ1) is 8.87. The van der Waals surface area contributed by atoms with Crippen molar-refractivity contribution in [2.75, 3.05) is 0 Å². The third-order valence-corrected chi connectivity index (χ3v) is 2.09. The SMILES string of the molecule is Cc1ncn(-c2cccc(F)c2C)n1. The average Bonchev–Trinajstić information content (AvgIpc) is 2.57. The fraction of sp³-hybridized carbons (Fsp3) is 0.200. The normalized spacial score (nSPS) is 10.5. The molecular formula is C10H10FN3. The van der Waals surface area contributed by atoms with Gasteiger partial charge in [-0.05, 0) is 26.0 Å². The number of aromatic nitrogens is 3. The van der Waals surface area contributed by atoms with Gasteiger partial charge in [-0.25, -0.2) is 14.1 Å². The lowest BCUT2D eigenvalue weighted by Gasteiger charge is -2.04. The summed E-state index contributed by atoms with van der Waals surface area (Å²) in [6.07, 6.45) is 1.58. The molecule has 4 heteroatoms. The van der Waals surface area contributed by atoms with E-state index in [2.05, 4.69) is 10.1 Å². The van der Waals surface area contributed by atoms with Crippen molar-refractivity contribution < 1.29 is 4.39 Å². The molecule has 0 aliphatic rings. The summed E-state index contributed by atoms with van der Waals surface area (Å²) >= 11 is 0. The Kier molecular flexibility index (Phi) is 2.04. The minimum Gasteiger partial charge on any atom is -0.220 e. The van der Waals surface area contributed by atoms with Gasteiger partial charge in [-0.1, -0.05) is 6.07 Å². The van der Waals surface area contributed by atoms with Crippen molar-refractivity contribution in [2.24, 2.45) is 0 Å². The van der Waals surface area contributed by atoms with Crippen LogP contribution in [0.1, 0.15) is 11.4 Å². The summed E-state index contributed by atoms with van der Waals surface area (Å²) in [4.78, 5) is 3.99. The van der Waals surface area contributed by atoms with Crippen LogP contribution in [-0.4, -0.2) is 14.8 Å². The van der Waals surface area contributed by atoms with Crippen molar-refractivity contribution in [3.63, 3.8) is 0 Å². The summed E-state index contributed by atoms with van der Waals surface area (Å²) < 4.78 is 14.8. The van der Waals surface area contributed by atoms with Crippen molar-refractivity contribution in [1.29, 1.82) is 0 Å². The summed E-state index contributed by atoms with van der Waals surface area (Å²) in [5, 5.41) is 4.12.